The first-order valence-corrected chi connectivity index (χ1v) is 7.84. The van der Waals surface area contributed by atoms with E-state index in [1.54, 1.807) is 6.20 Å². The van der Waals surface area contributed by atoms with Crippen molar-refractivity contribution in [3.8, 4) is 0 Å². The molecule has 0 saturated carbocycles. The predicted molar refractivity (Wildman–Crippen MR) is 84.1 cm³/mol. The summed E-state index contributed by atoms with van der Waals surface area (Å²) in [6, 6.07) is 13.0. The minimum Gasteiger partial charge on any atom is -0.361 e. The van der Waals surface area contributed by atoms with Crippen LogP contribution in [0, 0.1) is 0 Å². The van der Waals surface area contributed by atoms with Gasteiger partial charge in [0.1, 0.15) is 0 Å². The Balaban J connectivity index is 1.47. The molecule has 2 heterocycles. The van der Waals surface area contributed by atoms with Crippen molar-refractivity contribution in [3.05, 3.63) is 54.4 Å². The normalized spacial score (nSPS) is 20.2. The molecule has 3 rings (SSSR count). The zero-order chi connectivity index (χ0) is 13.6. The Kier molecular flexibility index (Phi) is 4.38. The second-order valence-electron chi connectivity index (χ2n) is 4.80. The molecule has 1 saturated heterocycles. The average molecular weight is 286 g/mol. The van der Waals surface area contributed by atoms with E-state index in [1.807, 2.05) is 28.7 Å². The first-order valence-electron chi connectivity index (χ1n) is 6.85. The zero-order valence-electron chi connectivity index (χ0n) is 11.3. The lowest BCUT2D eigenvalue weighted by Crippen LogP contribution is -2.29. The maximum absolute atomic E-state index is 4.60. The molecule has 1 fully saturated rings. The number of aliphatic imine (C=N–C) groups is 1. The van der Waals surface area contributed by atoms with Crippen molar-refractivity contribution >= 4 is 16.9 Å². The molecule has 1 aromatic heterocycles. The van der Waals surface area contributed by atoms with E-state index in [0.717, 1.165) is 30.4 Å². The Labute approximate surface area is 123 Å². The van der Waals surface area contributed by atoms with E-state index in [0.29, 0.717) is 6.04 Å². The van der Waals surface area contributed by atoms with Gasteiger partial charge in [-0.25, -0.2) is 0 Å². The number of hydrogen-bond acceptors (Lipinski definition) is 3. The number of benzene rings is 1. The Hall–Kier alpha value is -1.75. The molecular weight excluding hydrogens is 268 g/mol. The minimum absolute atomic E-state index is 0.492. The van der Waals surface area contributed by atoms with Gasteiger partial charge in [-0.05, 0) is 18.1 Å². The van der Waals surface area contributed by atoms with Crippen molar-refractivity contribution in [3.63, 3.8) is 0 Å². The third kappa shape index (κ3) is 3.63. The molecule has 0 radical (unpaired) electrons. The van der Waals surface area contributed by atoms with Crippen LogP contribution in [0.4, 0.5) is 0 Å². The topological polar surface area (TPSA) is 42.2 Å². The summed E-state index contributed by atoms with van der Waals surface area (Å²) in [6.07, 6.45) is 4.82. The fourth-order valence-corrected chi connectivity index (χ4v) is 3.22. The van der Waals surface area contributed by atoms with E-state index >= 15 is 0 Å². The van der Waals surface area contributed by atoms with Gasteiger partial charge < -0.3 is 5.32 Å². The van der Waals surface area contributed by atoms with E-state index in [4.69, 9.17) is 0 Å². The van der Waals surface area contributed by atoms with Crippen LogP contribution < -0.4 is 5.32 Å². The van der Waals surface area contributed by atoms with Gasteiger partial charge in [0.15, 0.2) is 5.17 Å². The van der Waals surface area contributed by atoms with Crippen LogP contribution in [0.25, 0.3) is 0 Å². The van der Waals surface area contributed by atoms with Crippen LogP contribution in [-0.2, 0) is 13.0 Å². The van der Waals surface area contributed by atoms with E-state index in [-0.39, 0.29) is 0 Å². The lowest BCUT2D eigenvalue weighted by Gasteiger charge is -2.09. The lowest BCUT2D eigenvalue weighted by atomic mass is 10.1. The molecule has 0 amide bonds. The van der Waals surface area contributed by atoms with Gasteiger partial charge in [-0.3, -0.25) is 9.67 Å². The van der Waals surface area contributed by atoms with Crippen LogP contribution in [0.3, 0.4) is 0 Å². The van der Waals surface area contributed by atoms with Crippen molar-refractivity contribution in [2.24, 2.45) is 4.99 Å². The summed E-state index contributed by atoms with van der Waals surface area (Å²) in [5.41, 5.74) is 1.38. The van der Waals surface area contributed by atoms with Crippen molar-refractivity contribution in [2.75, 3.05) is 12.3 Å². The van der Waals surface area contributed by atoms with E-state index < -0.39 is 0 Å². The highest BCUT2D eigenvalue weighted by molar-refractivity contribution is 8.14. The molecule has 0 spiro atoms. The molecule has 5 heteroatoms. The highest BCUT2D eigenvalue weighted by atomic mass is 32.2. The Morgan fingerprint density at radius 1 is 1.30 bits per heavy atom. The standard InChI is InChI=1S/C15H18N4S/c1-2-5-13(6-3-1)11-14-12-20-15(18-14)16-8-10-19-9-4-7-17-19/h1-7,9,14H,8,10-12H2,(H,16,18). The van der Waals surface area contributed by atoms with Crippen LogP contribution in [0.15, 0.2) is 53.8 Å². The van der Waals surface area contributed by atoms with Gasteiger partial charge in [-0.1, -0.05) is 42.1 Å². The van der Waals surface area contributed by atoms with Crippen LogP contribution in [0.5, 0.6) is 0 Å². The third-order valence-corrected chi connectivity index (χ3v) is 4.31. The van der Waals surface area contributed by atoms with Gasteiger partial charge in [-0.15, -0.1) is 0 Å². The fourth-order valence-electron chi connectivity index (χ4n) is 2.22. The van der Waals surface area contributed by atoms with Gasteiger partial charge in [0.25, 0.3) is 0 Å². The van der Waals surface area contributed by atoms with E-state index in [1.165, 1.54) is 5.56 Å². The first-order chi connectivity index (χ1) is 9.90. The summed E-state index contributed by atoms with van der Waals surface area (Å²) < 4.78 is 1.91. The van der Waals surface area contributed by atoms with Crippen LogP contribution in [-0.4, -0.2) is 33.3 Å². The Morgan fingerprint density at radius 3 is 3.00 bits per heavy atom. The number of hydrogen-bond donors (Lipinski definition) is 1. The van der Waals surface area contributed by atoms with Crippen molar-refractivity contribution in [1.82, 2.24) is 15.1 Å². The summed E-state index contributed by atoms with van der Waals surface area (Å²) in [4.78, 5) is 4.60. The minimum atomic E-state index is 0.492. The summed E-state index contributed by atoms with van der Waals surface area (Å²) in [5, 5.41) is 8.74. The van der Waals surface area contributed by atoms with Gasteiger partial charge in [0.2, 0.25) is 0 Å². The monoisotopic (exact) mass is 286 g/mol. The smallest absolute Gasteiger partial charge is 0.156 e. The zero-order valence-corrected chi connectivity index (χ0v) is 12.1. The molecule has 1 aliphatic heterocycles. The largest absolute Gasteiger partial charge is 0.361 e. The molecule has 0 bridgehead atoms. The SMILES string of the molecule is c1ccc(CC2CSC(=NCCn3cccn3)N2)cc1. The van der Waals surface area contributed by atoms with E-state index in [9.17, 15) is 0 Å². The molecule has 0 aliphatic carbocycles. The molecule has 1 unspecified atom stereocenters. The summed E-state index contributed by atoms with van der Waals surface area (Å²) in [6.45, 7) is 1.61. The molecule has 1 atom stereocenters. The highest BCUT2D eigenvalue weighted by Crippen LogP contribution is 2.17. The maximum atomic E-state index is 4.60. The van der Waals surface area contributed by atoms with E-state index in [2.05, 4.69) is 45.7 Å². The number of thioether (sulfide) groups is 1. The number of nitrogens with zero attached hydrogens (tertiary/aromatic N) is 3. The molecule has 2 aromatic rings. The summed E-state index contributed by atoms with van der Waals surface area (Å²) >= 11 is 1.82. The lowest BCUT2D eigenvalue weighted by molar-refractivity contribution is 0.623. The highest BCUT2D eigenvalue weighted by Gasteiger charge is 2.19. The molecule has 1 N–H and O–H groups in total. The van der Waals surface area contributed by atoms with Gasteiger partial charge >= 0.3 is 0 Å². The number of amidine groups is 1. The Morgan fingerprint density at radius 2 is 2.20 bits per heavy atom. The summed E-state index contributed by atoms with van der Waals surface area (Å²) in [7, 11) is 0. The van der Waals surface area contributed by atoms with Crippen LogP contribution in [0.1, 0.15) is 5.56 Å². The number of nitrogens with one attached hydrogen (secondary N) is 1. The molecule has 1 aromatic carbocycles. The molecule has 1 aliphatic rings. The Bertz CT molecular complexity index is 551. The first kappa shape index (κ1) is 13.2. The predicted octanol–water partition coefficient (Wildman–Crippen LogP) is 2.19. The maximum Gasteiger partial charge on any atom is 0.156 e. The number of rotatable bonds is 5. The molecule has 104 valence electrons. The third-order valence-electron chi connectivity index (χ3n) is 3.22. The van der Waals surface area contributed by atoms with Crippen molar-refractivity contribution in [1.29, 1.82) is 0 Å². The van der Waals surface area contributed by atoms with Crippen molar-refractivity contribution < 1.29 is 0 Å². The molecule has 20 heavy (non-hydrogen) atoms. The molecular formula is C15H18N4S. The average Bonchev–Trinajstić information content (AvgIpc) is 3.12. The van der Waals surface area contributed by atoms with Gasteiger partial charge in [0, 0.05) is 24.2 Å². The van der Waals surface area contributed by atoms with Crippen LogP contribution in [0.2, 0.25) is 0 Å². The molecule has 4 nitrogen and oxygen atoms in total. The van der Waals surface area contributed by atoms with Crippen LogP contribution >= 0.6 is 11.8 Å². The van der Waals surface area contributed by atoms with Crippen molar-refractivity contribution in [2.45, 2.75) is 19.0 Å². The second kappa shape index (κ2) is 6.61. The second-order valence-corrected chi connectivity index (χ2v) is 5.81. The van der Waals surface area contributed by atoms with Gasteiger partial charge in [-0.2, -0.15) is 5.10 Å². The quantitative estimate of drug-likeness (QED) is 0.916. The fraction of sp³-hybridized carbons (Fsp3) is 0.333. The van der Waals surface area contributed by atoms with Gasteiger partial charge in [0.05, 0.1) is 13.1 Å². The summed E-state index contributed by atoms with van der Waals surface area (Å²) in [5.74, 6) is 1.09. The number of aromatic nitrogens is 2.